The van der Waals surface area contributed by atoms with E-state index < -0.39 is 11.2 Å². The van der Waals surface area contributed by atoms with Crippen molar-refractivity contribution >= 4 is 0 Å². The molecule has 1 aromatic rings. The van der Waals surface area contributed by atoms with Crippen LogP contribution >= 0.6 is 0 Å². The number of hydrogen-bond acceptors (Lipinski definition) is 4. The van der Waals surface area contributed by atoms with Gasteiger partial charge in [-0.2, -0.15) is 5.26 Å². The standard InChI is InChI=1S/C12H13N3O3/c1-2-3-4-5-15-11(17)10(8-13)9-14(6-7-16)12(15)18/h9,16H,4-7H2,1H3. The minimum absolute atomic E-state index is 0.0489. The van der Waals surface area contributed by atoms with Crippen molar-refractivity contribution in [1.82, 2.24) is 9.13 Å². The second-order valence-electron chi connectivity index (χ2n) is 3.49. The molecule has 1 rings (SSSR count). The third-order valence-corrected chi connectivity index (χ3v) is 2.34. The molecule has 0 saturated heterocycles. The molecule has 1 heterocycles. The fraction of sp³-hybridized carbons (Fsp3) is 0.417. The molecule has 0 aliphatic rings. The minimum Gasteiger partial charge on any atom is -0.395 e. The van der Waals surface area contributed by atoms with Gasteiger partial charge in [-0.25, -0.2) is 4.79 Å². The molecule has 0 bridgehead atoms. The first-order valence-corrected chi connectivity index (χ1v) is 5.40. The number of hydrogen-bond donors (Lipinski definition) is 1. The first-order chi connectivity index (χ1) is 8.65. The molecule has 1 aromatic heterocycles. The monoisotopic (exact) mass is 247 g/mol. The molecular formula is C12H13N3O3. The molecule has 0 fully saturated rings. The Morgan fingerprint density at radius 1 is 1.39 bits per heavy atom. The van der Waals surface area contributed by atoms with Gasteiger partial charge in [0.25, 0.3) is 5.56 Å². The molecule has 6 heteroatoms. The maximum absolute atomic E-state index is 11.9. The number of aliphatic hydroxyl groups is 1. The van der Waals surface area contributed by atoms with Crippen molar-refractivity contribution in [2.24, 2.45) is 0 Å². The van der Waals surface area contributed by atoms with Crippen LogP contribution in [0.1, 0.15) is 18.9 Å². The molecule has 18 heavy (non-hydrogen) atoms. The summed E-state index contributed by atoms with van der Waals surface area (Å²) in [5, 5.41) is 17.7. The Kier molecular flexibility index (Phi) is 4.91. The number of rotatable bonds is 4. The van der Waals surface area contributed by atoms with Crippen LogP contribution in [-0.2, 0) is 13.1 Å². The molecule has 0 aromatic carbocycles. The predicted octanol–water partition coefficient (Wildman–Crippen LogP) is -0.713. The summed E-state index contributed by atoms with van der Waals surface area (Å²) in [7, 11) is 0. The van der Waals surface area contributed by atoms with E-state index in [1.807, 2.05) is 0 Å². The summed E-state index contributed by atoms with van der Waals surface area (Å²) >= 11 is 0. The summed E-state index contributed by atoms with van der Waals surface area (Å²) in [6.45, 7) is 1.61. The van der Waals surface area contributed by atoms with Crippen LogP contribution in [0, 0.1) is 23.2 Å². The Hall–Kier alpha value is -2.31. The van der Waals surface area contributed by atoms with E-state index >= 15 is 0 Å². The largest absolute Gasteiger partial charge is 0.395 e. The maximum atomic E-state index is 11.9. The van der Waals surface area contributed by atoms with E-state index in [4.69, 9.17) is 10.4 Å². The highest BCUT2D eigenvalue weighted by molar-refractivity contribution is 5.22. The minimum atomic E-state index is -0.616. The van der Waals surface area contributed by atoms with E-state index in [0.717, 1.165) is 9.13 Å². The van der Waals surface area contributed by atoms with Crippen LogP contribution in [0.4, 0.5) is 0 Å². The van der Waals surface area contributed by atoms with E-state index in [1.165, 1.54) is 6.20 Å². The quantitative estimate of drug-likeness (QED) is 0.712. The Balaban J connectivity index is 3.32. The highest BCUT2D eigenvalue weighted by atomic mass is 16.3. The lowest BCUT2D eigenvalue weighted by atomic mass is 10.3. The third-order valence-electron chi connectivity index (χ3n) is 2.34. The second-order valence-corrected chi connectivity index (χ2v) is 3.49. The lowest BCUT2D eigenvalue weighted by Gasteiger charge is -2.08. The Morgan fingerprint density at radius 3 is 2.67 bits per heavy atom. The first-order valence-electron chi connectivity index (χ1n) is 5.40. The van der Waals surface area contributed by atoms with Gasteiger partial charge in [0.15, 0.2) is 0 Å². The van der Waals surface area contributed by atoms with Crippen molar-refractivity contribution in [2.75, 3.05) is 6.61 Å². The third kappa shape index (κ3) is 2.88. The zero-order valence-corrected chi connectivity index (χ0v) is 10.0. The Labute approximate surface area is 104 Å². The molecule has 0 radical (unpaired) electrons. The fourth-order valence-electron chi connectivity index (χ4n) is 1.49. The van der Waals surface area contributed by atoms with Gasteiger partial charge in [-0.3, -0.25) is 13.9 Å². The molecule has 1 N–H and O–H groups in total. The fourth-order valence-corrected chi connectivity index (χ4v) is 1.49. The summed E-state index contributed by atoms with van der Waals surface area (Å²) < 4.78 is 2.12. The smallest absolute Gasteiger partial charge is 0.331 e. The van der Waals surface area contributed by atoms with Crippen LogP contribution in [0.2, 0.25) is 0 Å². The van der Waals surface area contributed by atoms with Crippen LogP contribution < -0.4 is 11.2 Å². The summed E-state index contributed by atoms with van der Waals surface area (Å²) in [6.07, 6.45) is 1.53. The topological polar surface area (TPSA) is 88.0 Å². The summed E-state index contributed by atoms with van der Waals surface area (Å²) in [5.74, 6) is 5.42. The van der Waals surface area contributed by atoms with Crippen molar-refractivity contribution in [2.45, 2.75) is 26.4 Å². The van der Waals surface area contributed by atoms with Gasteiger partial charge in [0.05, 0.1) is 13.2 Å². The van der Waals surface area contributed by atoms with Crippen LogP contribution in [0.25, 0.3) is 0 Å². The average molecular weight is 247 g/mol. The maximum Gasteiger partial charge on any atom is 0.331 e. The van der Waals surface area contributed by atoms with Crippen molar-refractivity contribution in [3.8, 4) is 17.9 Å². The van der Waals surface area contributed by atoms with Gasteiger partial charge in [0, 0.05) is 19.2 Å². The van der Waals surface area contributed by atoms with Gasteiger partial charge in [-0.1, -0.05) is 0 Å². The van der Waals surface area contributed by atoms with Crippen molar-refractivity contribution in [3.63, 3.8) is 0 Å². The van der Waals surface area contributed by atoms with Crippen molar-refractivity contribution in [1.29, 1.82) is 5.26 Å². The lowest BCUT2D eigenvalue weighted by Crippen LogP contribution is -2.41. The molecule has 0 atom stereocenters. The first kappa shape index (κ1) is 13.8. The van der Waals surface area contributed by atoms with E-state index in [0.29, 0.717) is 6.42 Å². The summed E-state index contributed by atoms with van der Waals surface area (Å²) in [6, 6.07) is 1.74. The summed E-state index contributed by atoms with van der Waals surface area (Å²) in [5.41, 5.74) is -1.27. The highest BCUT2D eigenvalue weighted by Crippen LogP contribution is 1.89. The summed E-state index contributed by atoms with van der Waals surface area (Å²) in [4.78, 5) is 23.7. The van der Waals surface area contributed by atoms with E-state index in [1.54, 1.807) is 13.0 Å². The molecular weight excluding hydrogens is 234 g/mol. The van der Waals surface area contributed by atoms with Gasteiger partial charge in [-0.15, -0.1) is 11.8 Å². The number of aromatic nitrogens is 2. The zero-order valence-electron chi connectivity index (χ0n) is 10.0. The normalized spacial score (nSPS) is 9.39. The van der Waals surface area contributed by atoms with Gasteiger partial charge in [0.1, 0.15) is 11.6 Å². The molecule has 94 valence electrons. The number of aliphatic hydroxyl groups excluding tert-OH is 1. The van der Waals surface area contributed by atoms with E-state index in [9.17, 15) is 9.59 Å². The lowest BCUT2D eigenvalue weighted by molar-refractivity contribution is 0.271. The van der Waals surface area contributed by atoms with Gasteiger partial charge < -0.3 is 5.11 Å². The van der Waals surface area contributed by atoms with E-state index in [-0.39, 0.29) is 25.3 Å². The van der Waals surface area contributed by atoms with Crippen LogP contribution in [0.15, 0.2) is 15.8 Å². The molecule has 0 unspecified atom stereocenters. The zero-order chi connectivity index (χ0) is 13.5. The van der Waals surface area contributed by atoms with Gasteiger partial charge >= 0.3 is 5.69 Å². The molecule has 0 amide bonds. The SMILES string of the molecule is CC#CCCn1c(=O)c(C#N)cn(CCO)c1=O. The van der Waals surface area contributed by atoms with Crippen molar-refractivity contribution in [3.05, 3.63) is 32.6 Å². The van der Waals surface area contributed by atoms with Crippen LogP contribution in [0.3, 0.4) is 0 Å². The van der Waals surface area contributed by atoms with Gasteiger partial charge in [0.2, 0.25) is 0 Å². The molecule has 0 aliphatic heterocycles. The predicted molar refractivity (Wildman–Crippen MR) is 64.8 cm³/mol. The second kappa shape index (κ2) is 6.43. The number of nitrogens with zero attached hydrogens (tertiary/aromatic N) is 3. The Bertz CT molecular complexity index is 638. The van der Waals surface area contributed by atoms with Crippen LogP contribution in [-0.4, -0.2) is 20.8 Å². The Morgan fingerprint density at radius 2 is 2.11 bits per heavy atom. The highest BCUT2D eigenvalue weighted by Gasteiger charge is 2.10. The average Bonchev–Trinajstić information content (AvgIpc) is 2.37. The van der Waals surface area contributed by atoms with Crippen molar-refractivity contribution < 1.29 is 5.11 Å². The molecule has 6 nitrogen and oxygen atoms in total. The molecule has 0 aliphatic carbocycles. The molecule has 0 spiro atoms. The molecule has 0 saturated carbocycles. The van der Waals surface area contributed by atoms with Gasteiger partial charge in [-0.05, 0) is 6.92 Å². The van der Waals surface area contributed by atoms with Crippen LogP contribution in [0.5, 0.6) is 0 Å². The number of nitriles is 1. The van der Waals surface area contributed by atoms with E-state index in [2.05, 4.69) is 11.8 Å².